The Hall–Kier alpha value is -6.67. The van der Waals surface area contributed by atoms with E-state index in [-0.39, 0.29) is 18.4 Å². The van der Waals surface area contributed by atoms with Crippen LogP contribution in [0.15, 0.2) is 192 Å². The van der Waals surface area contributed by atoms with E-state index in [1.165, 1.54) is 11.4 Å². The number of imidazole rings is 1. The zero-order valence-electron chi connectivity index (χ0n) is 28.6. The average molecular weight is 673 g/mol. The summed E-state index contributed by atoms with van der Waals surface area (Å²) in [7, 11) is 0. The number of aromatic nitrogens is 2. The van der Waals surface area contributed by atoms with Crippen LogP contribution in [0, 0.1) is 0 Å². The molecule has 3 atom stereocenters. The fourth-order valence-electron chi connectivity index (χ4n) is 8.08. The third-order valence-corrected chi connectivity index (χ3v) is 10.4. The number of nitrogens with zero attached hydrogens (tertiary/aromatic N) is 4. The molecule has 0 amide bonds. The number of rotatable bonds is 6. The molecular formula is C46H36N6. The van der Waals surface area contributed by atoms with Crippen LogP contribution in [-0.2, 0) is 0 Å². The van der Waals surface area contributed by atoms with Gasteiger partial charge in [0, 0.05) is 22.5 Å². The molecule has 0 saturated heterocycles. The fraction of sp³-hybridized carbons (Fsp3) is 0.130. The minimum atomic E-state index is -0.192. The Morgan fingerprint density at radius 3 is 2.58 bits per heavy atom. The van der Waals surface area contributed by atoms with E-state index in [9.17, 15) is 0 Å². The van der Waals surface area contributed by atoms with Crippen LogP contribution in [0.1, 0.15) is 25.1 Å². The Kier molecular flexibility index (Phi) is 7.30. The summed E-state index contributed by atoms with van der Waals surface area (Å²) in [6, 6.07) is 27.7. The van der Waals surface area contributed by atoms with Gasteiger partial charge in [-0.25, -0.2) is 4.98 Å². The molecule has 0 spiro atoms. The Morgan fingerprint density at radius 2 is 1.69 bits per heavy atom. The van der Waals surface area contributed by atoms with Gasteiger partial charge in [-0.3, -0.25) is 4.57 Å². The van der Waals surface area contributed by atoms with E-state index < -0.39 is 0 Å². The quantitative estimate of drug-likeness (QED) is 0.200. The van der Waals surface area contributed by atoms with E-state index in [1.807, 2.05) is 18.2 Å². The van der Waals surface area contributed by atoms with Gasteiger partial charge < -0.3 is 20.4 Å². The first-order valence-corrected chi connectivity index (χ1v) is 18.0. The minimum absolute atomic E-state index is 0.0993. The lowest BCUT2D eigenvalue weighted by Gasteiger charge is -2.35. The molecule has 0 radical (unpaired) electrons. The molecule has 6 heteroatoms. The maximum Gasteiger partial charge on any atom is 0.146 e. The number of benzene rings is 3. The number of hydrogen-bond acceptors (Lipinski definition) is 5. The van der Waals surface area contributed by atoms with Gasteiger partial charge in [-0.05, 0) is 103 Å². The maximum atomic E-state index is 5.26. The number of anilines is 3. The predicted octanol–water partition coefficient (Wildman–Crippen LogP) is 9.43. The molecule has 2 aliphatic heterocycles. The summed E-state index contributed by atoms with van der Waals surface area (Å²) in [4.78, 5) is 10.2. The van der Waals surface area contributed by atoms with Crippen LogP contribution in [0.25, 0.3) is 22.3 Å². The molecular weight excluding hydrogens is 637 g/mol. The molecule has 3 aromatic carbocycles. The molecule has 2 N–H and O–H groups in total. The van der Waals surface area contributed by atoms with Crippen LogP contribution in [0.5, 0.6) is 0 Å². The molecule has 3 heterocycles. The Balaban J connectivity index is 1.18. The van der Waals surface area contributed by atoms with Crippen molar-refractivity contribution in [1.29, 1.82) is 0 Å². The normalized spacial score (nSPS) is 22.5. The third kappa shape index (κ3) is 5.10. The summed E-state index contributed by atoms with van der Waals surface area (Å²) in [6.45, 7) is 0. The predicted molar refractivity (Wildman–Crippen MR) is 211 cm³/mol. The van der Waals surface area contributed by atoms with Crippen LogP contribution in [0.2, 0.25) is 0 Å². The first kappa shape index (κ1) is 30.2. The van der Waals surface area contributed by atoms with E-state index in [4.69, 9.17) is 4.98 Å². The van der Waals surface area contributed by atoms with E-state index in [2.05, 4.69) is 176 Å². The average Bonchev–Trinajstić information content (AvgIpc) is 3.86. The molecule has 0 fully saturated rings. The van der Waals surface area contributed by atoms with Crippen molar-refractivity contribution in [2.75, 3.05) is 10.2 Å². The summed E-state index contributed by atoms with van der Waals surface area (Å²) in [6.07, 6.45) is 28.9. The van der Waals surface area contributed by atoms with Crippen molar-refractivity contribution in [3.63, 3.8) is 0 Å². The second-order valence-electron chi connectivity index (χ2n) is 13.6. The van der Waals surface area contributed by atoms with E-state index in [1.54, 1.807) is 0 Å². The largest absolute Gasteiger partial charge is 0.363 e. The number of fused-ring (bicyclic) bond motifs is 2. The third-order valence-electron chi connectivity index (χ3n) is 10.4. The molecule has 0 saturated carbocycles. The smallest absolute Gasteiger partial charge is 0.146 e. The summed E-state index contributed by atoms with van der Waals surface area (Å²) in [5, 5.41) is 7.87. The first-order chi connectivity index (χ1) is 25.8. The Bertz CT molecular complexity index is 2530. The lowest BCUT2D eigenvalue weighted by atomic mass is 10.0. The summed E-state index contributed by atoms with van der Waals surface area (Å²) in [5.41, 5.74) is 22.2. The second-order valence-corrected chi connectivity index (χ2v) is 13.6. The van der Waals surface area contributed by atoms with Crippen LogP contribution in [0.4, 0.5) is 17.1 Å². The van der Waals surface area contributed by atoms with Crippen molar-refractivity contribution in [2.45, 2.75) is 37.6 Å². The molecule has 250 valence electrons. The van der Waals surface area contributed by atoms with Gasteiger partial charge in [0.15, 0.2) is 0 Å². The Labute approximate surface area is 303 Å². The zero-order valence-corrected chi connectivity index (χ0v) is 28.6. The van der Waals surface area contributed by atoms with Gasteiger partial charge in [0.25, 0.3) is 0 Å². The van der Waals surface area contributed by atoms with Gasteiger partial charge in [-0.1, -0.05) is 84.7 Å². The standard InChI is InChI=1S/C46H36N6/c1-4-16-35(17-5-1)50-41-25-13-10-22-38(41)47-44(50)32-28-29-33(45-48-39-23-11-14-26-42(39)51(45)36-18-6-2-7-19-36)31-34(30-32)46-49-40-24-12-15-27-43(40)52(46)37-20-8-3-9-21-37/h1-6,8-9,11-16,18,20-21,23-27,29-31,35,44,46-47,49H,10,17,22H2. The summed E-state index contributed by atoms with van der Waals surface area (Å²) < 4.78 is 2.19. The molecule has 6 aliphatic rings. The highest BCUT2D eigenvalue weighted by molar-refractivity contribution is 5.90. The summed E-state index contributed by atoms with van der Waals surface area (Å²) >= 11 is 0. The van der Waals surface area contributed by atoms with E-state index >= 15 is 0 Å². The van der Waals surface area contributed by atoms with Crippen molar-refractivity contribution in [1.82, 2.24) is 19.8 Å². The molecule has 1 aromatic heterocycles. The van der Waals surface area contributed by atoms with Crippen LogP contribution in [-0.4, -0.2) is 32.8 Å². The molecule has 6 nitrogen and oxygen atoms in total. The second kappa shape index (κ2) is 12.6. The van der Waals surface area contributed by atoms with Crippen LogP contribution < -0.4 is 15.5 Å². The van der Waals surface area contributed by atoms with Crippen LogP contribution in [0.3, 0.4) is 0 Å². The number of allylic oxidation sites excluding steroid dienone is 10. The highest BCUT2D eigenvalue weighted by atomic mass is 15.4. The van der Waals surface area contributed by atoms with Gasteiger partial charge in [0.2, 0.25) is 0 Å². The first-order valence-electron chi connectivity index (χ1n) is 18.0. The van der Waals surface area contributed by atoms with Gasteiger partial charge in [0.1, 0.15) is 18.2 Å². The number of hydrogen-bond donors (Lipinski definition) is 2. The molecule has 0 bridgehead atoms. The highest BCUT2D eigenvalue weighted by Gasteiger charge is 2.38. The topological polar surface area (TPSA) is 48.4 Å². The van der Waals surface area contributed by atoms with Gasteiger partial charge in [0.05, 0.1) is 39.8 Å². The molecule has 4 aromatic rings. The van der Waals surface area contributed by atoms with Crippen molar-refractivity contribution in [3.05, 3.63) is 197 Å². The van der Waals surface area contributed by atoms with E-state index in [0.29, 0.717) is 0 Å². The van der Waals surface area contributed by atoms with Gasteiger partial charge in [-0.2, -0.15) is 0 Å². The van der Waals surface area contributed by atoms with Crippen molar-refractivity contribution in [3.8, 4) is 0 Å². The van der Waals surface area contributed by atoms with Crippen molar-refractivity contribution >= 4 is 39.4 Å². The number of para-hydroxylation sites is 5. The molecule has 52 heavy (non-hydrogen) atoms. The number of nitrogens with one attached hydrogen (secondary N) is 2. The SMILES string of the molecule is C1=C=C(n2c(C3=CC(C4Nc5ccccc5N4c4ccccc4)=CC(C4NC5=C(C=CCC5)N4C4C=CC=CC4)=C=C3)nc3ccccc32)C=CC=1. The van der Waals surface area contributed by atoms with Crippen molar-refractivity contribution < 1.29 is 0 Å². The van der Waals surface area contributed by atoms with Gasteiger partial charge in [-0.15, -0.1) is 5.73 Å². The molecule has 10 rings (SSSR count). The summed E-state index contributed by atoms with van der Waals surface area (Å²) in [5.74, 6) is 0.829. The molecule has 3 unspecified atom stereocenters. The van der Waals surface area contributed by atoms with E-state index in [0.717, 1.165) is 75.6 Å². The molecule has 4 aliphatic carbocycles. The maximum absolute atomic E-state index is 5.26. The Morgan fingerprint density at radius 1 is 0.808 bits per heavy atom. The van der Waals surface area contributed by atoms with Crippen LogP contribution >= 0.6 is 0 Å². The fourth-order valence-corrected chi connectivity index (χ4v) is 8.08. The van der Waals surface area contributed by atoms with Gasteiger partial charge >= 0.3 is 0 Å². The lowest BCUT2D eigenvalue weighted by Crippen LogP contribution is -2.44. The monoisotopic (exact) mass is 672 g/mol. The van der Waals surface area contributed by atoms with Crippen molar-refractivity contribution in [2.24, 2.45) is 0 Å². The highest BCUT2D eigenvalue weighted by Crippen LogP contribution is 2.44. The minimum Gasteiger partial charge on any atom is -0.363 e. The zero-order chi connectivity index (χ0) is 34.4. The lowest BCUT2D eigenvalue weighted by molar-refractivity contribution is 0.255.